The van der Waals surface area contributed by atoms with Gasteiger partial charge < -0.3 is 9.42 Å². The van der Waals surface area contributed by atoms with Crippen LogP contribution in [-0.4, -0.2) is 28.0 Å². The number of benzene rings is 2. The minimum Gasteiger partial charge on any atom is -0.340 e. The lowest BCUT2D eigenvalue weighted by molar-refractivity contribution is 0.0781. The molecular formula is C20H18N4O2S. The van der Waals surface area contributed by atoms with Gasteiger partial charge in [0, 0.05) is 25.4 Å². The van der Waals surface area contributed by atoms with E-state index < -0.39 is 0 Å². The Morgan fingerprint density at radius 1 is 1.26 bits per heavy atom. The monoisotopic (exact) mass is 378 g/mol. The summed E-state index contributed by atoms with van der Waals surface area (Å²) in [7, 11) is 1.76. The van der Waals surface area contributed by atoms with E-state index in [-0.39, 0.29) is 5.91 Å². The van der Waals surface area contributed by atoms with Crippen molar-refractivity contribution in [2.45, 2.75) is 24.1 Å². The highest BCUT2D eigenvalue weighted by atomic mass is 32.2. The molecule has 1 amide bonds. The van der Waals surface area contributed by atoms with Crippen LogP contribution >= 0.6 is 11.8 Å². The largest absolute Gasteiger partial charge is 0.340 e. The molecule has 0 aliphatic rings. The molecule has 0 aliphatic heterocycles. The Labute approximate surface area is 161 Å². The summed E-state index contributed by atoms with van der Waals surface area (Å²) in [6.07, 6.45) is 0. The first-order valence-corrected chi connectivity index (χ1v) is 9.31. The smallest absolute Gasteiger partial charge is 0.255 e. The lowest BCUT2D eigenvalue weighted by Gasteiger charge is -2.19. The number of hydrogen-bond donors (Lipinski definition) is 0. The maximum Gasteiger partial charge on any atom is 0.255 e. The quantitative estimate of drug-likeness (QED) is 0.607. The molecule has 3 aromatic rings. The fourth-order valence-corrected chi connectivity index (χ4v) is 3.49. The Hall–Kier alpha value is -3.11. The van der Waals surface area contributed by atoms with Crippen molar-refractivity contribution in [1.29, 1.82) is 5.26 Å². The van der Waals surface area contributed by atoms with Crippen LogP contribution in [0.15, 0.2) is 57.9 Å². The number of carbonyl (C=O) groups is 1. The van der Waals surface area contributed by atoms with Crippen molar-refractivity contribution in [3.8, 4) is 6.07 Å². The Kier molecular flexibility index (Phi) is 5.89. The first-order valence-electron chi connectivity index (χ1n) is 8.32. The maximum absolute atomic E-state index is 12.9. The van der Waals surface area contributed by atoms with E-state index in [2.05, 4.69) is 16.2 Å². The number of aromatic nitrogens is 2. The third-order valence-electron chi connectivity index (χ3n) is 3.87. The molecule has 3 rings (SSSR count). The van der Waals surface area contributed by atoms with Crippen molar-refractivity contribution >= 4 is 17.7 Å². The molecule has 7 heteroatoms. The summed E-state index contributed by atoms with van der Waals surface area (Å²) in [4.78, 5) is 19.6. The van der Waals surface area contributed by atoms with E-state index in [0.29, 0.717) is 35.1 Å². The van der Waals surface area contributed by atoms with Gasteiger partial charge in [-0.3, -0.25) is 4.79 Å². The van der Waals surface area contributed by atoms with Crippen molar-refractivity contribution < 1.29 is 9.32 Å². The molecule has 6 nitrogen and oxygen atoms in total. The summed E-state index contributed by atoms with van der Waals surface area (Å²) in [5.74, 6) is 1.57. The Morgan fingerprint density at radius 2 is 2.07 bits per heavy atom. The van der Waals surface area contributed by atoms with Crippen molar-refractivity contribution in [3.63, 3.8) is 0 Å². The van der Waals surface area contributed by atoms with Crippen molar-refractivity contribution in [1.82, 2.24) is 15.0 Å². The minimum absolute atomic E-state index is 0.0789. The SMILES string of the molecule is Cc1nc(CSc2ccccc2C(=O)N(C)Cc2cccc(C#N)c2)no1. The third kappa shape index (κ3) is 4.74. The molecule has 0 aliphatic carbocycles. The van der Waals surface area contributed by atoms with Crippen LogP contribution in [-0.2, 0) is 12.3 Å². The molecule has 0 saturated carbocycles. The highest BCUT2D eigenvalue weighted by Gasteiger charge is 2.17. The van der Waals surface area contributed by atoms with E-state index in [1.807, 2.05) is 36.4 Å². The van der Waals surface area contributed by atoms with Gasteiger partial charge in [0.15, 0.2) is 5.82 Å². The van der Waals surface area contributed by atoms with Crippen LogP contribution in [0.4, 0.5) is 0 Å². The highest BCUT2D eigenvalue weighted by molar-refractivity contribution is 7.98. The average Bonchev–Trinajstić information content (AvgIpc) is 3.11. The van der Waals surface area contributed by atoms with Gasteiger partial charge in [0.05, 0.1) is 22.9 Å². The second-order valence-electron chi connectivity index (χ2n) is 5.99. The van der Waals surface area contributed by atoms with Gasteiger partial charge in [-0.25, -0.2) is 0 Å². The minimum atomic E-state index is -0.0789. The summed E-state index contributed by atoms with van der Waals surface area (Å²) in [5.41, 5.74) is 2.12. The van der Waals surface area contributed by atoms with Gasteiger partial charge >= 0.3 is 0 Å². The van der Waals surface area contributed by atoms with Gasteiger partial charge in [-0.2, -0.15) is 10.2 Å². The van der Waals surface area contributed by atoms with Crippen LogP contribution in [0.5, 0.6) is 0 Å². The molecule has 1 aromatic heterocycles. The maximum atomic E-state index is 12.9. The molecule has 0 spiro atoms. The van der Waals surface area contributed by atoms with Gasteiger partial charge in [0.1, 0.15) is 0 Å². The molecule has 27 heavy (non-hydrogen) atoms. The molecule has 136 valence electrons. The van der Waals surface area contributed by atoms with Crippen LogP contribution in [0.2, 0.25) is 0 Å². The van der Waals surface area contributed by atoms with Crippen LogP contribution in [0.25, 0.3) is 0 Å². The normalized spacial score (nSPS) is 10.4. The Morgan fingerprint density at radius 3 is 2.81 bits per heavy atom. The topological polar surface area (TPSA) is 83.0 Å². The molecule has 0 radical (unpaired) electrons. The lowest BCUT2D eigenvalue weighted by atomic mass is 10.1. The Balaban J connectivity index is 1.72. The van der Waals surface area contributed by atoms with E-state index in [9.17, 15) is 4.79 Å². The van der Waals surface area contributed by atoms with E-state index >= 15 is 0 Å². The zero-order valence-corrected chi connectivity index (χ0v) is 15.9. The number of nitriles is 1. The number of thioether (sulfide) groups is 1. The predicted molar refractivity (Wildman–Crippen MR) is 102 cm³/mol. The second kappa shape index (κ2) is 8.52. The Bertz CT molecular complexity index is 993. The highest BCUT2D eigenvalue weighted by Crippen LogP contribution is 2.26. The van der Waals surface area contributed by atoms with Crippen molar-refractivity contribution in [3.05, 3.63) is 76.9 Å². The van der Waals surface area contributed by atoms with Gasteiger partial charge in [0.2, 0.25) is 5.89 Å². The summed E-state index contributed by atoms with van der Waals surface area (Å²) < 4.78 is 4.98. The number of rotatable bonds is 6. The number of nitrogens with zero attached hydrogens (tertiary/aromatic N) is 4. The second-order valence-corrected chi connectivity index (χ2v) is 7.01. The van der Waals surface area contributed by atoms with Crippen LogP contribution in [0, 0.1) is 18.3 Å². The van der Waals surface area contributed by atoms with Crippen LogP contribution < -0.4 is 0 Å². The molecule has 0 fully saturated rings. The van der Waals surface area contributed by atoms with E-state index in [1.54, 1.807) is 31.0 Å². The number of carbonyl (C=O) groups excluding carboxylic acids is 1. The van der Waals surface area contributed by atoms with Crippen LogP contribution in [0.1, 0.15) is 33.2 Å². The predicted octanol–water partition coefficient (Wildman–Crippen LogP) is 3.81. The zero-order chi connectivity index (χ0) is 19.2. The molecular weight excluding hydrogens is 360 g/mol. The molecule has 0 bridgehead atoms. The number of amides is 1. The summed E-state index contributed by atoms with van der Waals surface area (Å²) >= 11 is 1.50. The summed E-state index contributed by atoms with van der Waals surface area (Å²) in [6, 6.07) is 16.9. The fraction of sp³-hybridized carbons (Fsp3) is 0.200. The van der Waals surface area contributed by atoms with Gasteiger partial charge in [0.25, 0.3) is 5.91 Å². The van der Waals surface area contributed by atoms with Crippen molar-refractivity contribution in [2.75, 3.05) is 7.05 Å². The molecule has 0 unspecified atom stereocenters. The average molecular weight is 378 g/mol. The van der Waals surface area contributed by atoms with E-state index in [4.69, 9.17) is 9.78 Å². The molecule has 0 saturated heterocycles. The molecule has 2 aromatic carbocycles. The van der Waals surface area contributed by atoms with E-state index in [0.717, 1.165) is 10.5 Å². The van der Waals surface area contributed by atoms with Gasteiger partial charge in [-0.15, -0.1) is 11.8 Å². The lowest BCUT2D eigenvalue weighted by Crippen LogP contribution is -2.26. The van der Waals surface area contributed by atoms with Gasteiger partial charge in [-0.1, -0.05) is 29.4 Å². The van der Waals surface area contributed by atoms with E-state index in [1.165, 1.54) is 11.8 Å². The standard InChI is InChI=1S/C20H18N4O2S/c1-14-22-19(23-26-14)13-27-18-9-4-3-8-17(18)20(25)24(2)12-16-7-5-6-15(10-16)11-21/h3-10H,12-13H2,1-2H3. The summed E-state index contributed by atoms with van der Waals surface area (Å²) in [6.45, 7) is 2.17. The first-order chi connectivity index (χ1) is 13.1. The number of hydrogen-bond acceptors (Lipinski definition) is 6. The molecule has 0 N–H and O–H groups in total. The van der Waals surface area contributed by atoms with Gasteiger partial charge in [-0.05, 0) is 29.8 Å². The fourth-order valence-electron chi connectivity index (χ4n) is 2.60. The number of aryl methyl sites for hydroxylation is 1. The van der Waals surface area contributed by atoms with Crippen LogP contribution in [0.3, 0.4) is 0 Å². The zero-order valence-electron chi connectivity index (χ0n) is 15.0. The summed E-state index contributed by atoms with van der Waals surface area (Å²) in [5, 5.41) is 12.9. The molecule has 1 heterocycles. The molecule has 0 atom stereocenters. The first kappa shape index (κ1) is 18.7. The third-order valence-corrected chi connectivity index (χ3v) is 4.94. The van der Waals surface area contributed by atoms with Crippen molar-refractivity contribution in [2.24, 2.45) is 0 Å².